The number of carbonyl (C=O) groups is 1. The molecule has 4 nitrogen and oxygen atoms in total. The number of hydrogen-bond donors (Lipinski definition) is 1. The van der Waals surface area contributed by atoms with Crippen LogP contribution >= 0.6 is 0 Å². The molecule has 0 aliphatic carbocycles. The zero-order chi connectivity index (χ0) is 15.8. The monoisotopic (exact) mass is 297 g/mol. The maximum absolute atomic E-state index is 12.3. The zero-order valence-electron chi connectivity index (χ0n) is 14.5. The van der Waals surface area contributed by atoms with Gasteiger partial charge in [-0.3, -0.25) is 9.69 Å². The van der Waals surface area contributed by atoms with Crippen molar-refractivity contribution in [1.29, 1.82) is 0 Å². The van der Waals surface area contributed by atoms with Crippen LogP contribution in [-0.4, -0.2) is 55.0 Å². The van der Waals surface area contributed by atoms with Gasteiger partial charge < -0.3 is 10.6 Å². The normalized spacial score (nSPS) is 21.0. The smallest absolute Gasteiger partial charge is 0.222 e. The summed E-state index contributed by atoms with van der Waals surface area (Å²) in [4.78, 5) is 16.8. The van der Waals surface area contributed by atoms with Crippen LogP contribution in [0.5, 0.6) is 0 Å². The first-order valence-corrected chi connectivity index (χ1v) is 8.67. The second-order valence-electron chi connectivity index (χ2n) is 6.82. The fourth-order valence-electron chi connectivity index (χ4n) is 3.46. The van der Waals surface area contributed by atoms with E-state index in [1.807, 2.05) is 11.9 Å². The third-order valence-electron chi connectivity index (χ3n) is 5.02. The lowest BCUT2D eigenvalue weighted by Crippen LogP contribution is -2.41. The van der Waals surface area contributed by atoms with Crippen LogP contribution in [0.1, 0.15) is 52.9 Å². The molecule has 1 aliphatic rings. The van der Waals surface area contributed by atoms with Crippen LogP contribution in [0.2, 0.25) is 0 Å². The van der Waals surface area contributed by atoms with Gasteiger partial charge >= 0.3 is 0 Å². The maximum Gasteiger partial charge on any atom is 0.222 e. The highest BCUT2D eigenvalue weighted by molar-refractivity contribution is 5.75. The second-order valence-corrected chi connectivity index (χ2v) is 6.82. The van der Waals surface area contributed by atoms with Crippen molar-refractivity contribution in [3.8, 4) is 0 Å². The minimum Gasteiger partial charge on any atom is -0.344 e. The third kappa shape index (κ3) is 5.95. The van der Waals surface area contributed by atoms with E-state index in [1.54, 1.807) is 0 Å². The Kier molecular flexibility index (Phi) is 8.27. The van der Waals surface area contributed by atoms with Gasteiger partial charge in [-0.1, -0.05) is 20.8 Å². The van der Waals surface area contributed by atoms with E-state index in [-0.39, 0.29) is 0 Å². The van der Waals surface area contributed by atoms with Crippen molar-refractivity contribution in [3.63, 3.8) is 0 Å². The van der Waals surface area contributed by atoms with E-state index < -0.39 is 0 Å². The van der Waals surface area contributed by atoms with Crippen molar-refractivity contribution in [1.82, 2.24) is 9.80 Å². The van der Waals surface area contributed by atoms with Gasteiger partial charge in [0.05, 0.1) is 0 Å². The van der Waals surface area contributed by atoms with E-state index >= 15 is 0 Å². The lowest BCUT2D eigenvalue weighted by atomic mass is 9.88. The minimum atomic E-state index is 0.292. The van der Waals surface area contributed by atoms with Crippen molar-refractivity contribution >= 4 is 5.91 Å². The minimum absolute atomic E-state index is 0.292. The lowest BCUT2D eigenvalue weighted by molar-refractivity contribution is -0.130. The van der Waals surface area contributed by atoms with Crippen LogP contribution in [0, 0.1) is 11.8 Å². The summed E-state index contributed by atoms with van der Waals surface area (Å²) in [6.07, 6.45) is 5.17. The summed E-state index contributed by atoms with van der Waals surface area (Å²) in [5.74, 6) is 1.48. The number of carbonyl (C=O) groups excluding carboxylic acids is 1. The van der Waals surface area contributed by atoms with Gasteiger partial charge in [0.2, 0.25) is 5.91 Å². The van der Waals surface area contributed by atoms with Crippen molar-refractivity contribution in [2.24, 2.45) is 17.6 Å². The van der Waals surface area contributed by atoms with Crippen LogP contribution in [0.25, 0.3) is 0 Å². The Morgan fingerprint density at radius 2 is 2.10 bits per heavy atom. The molecule has 0 bridgehead atoms. The van der Waals surface area contributed by atoms with Gasteiger partial charge in [0.15, 0.2) is 0 Å². The fourth-order valence-corrected chi connectivity index (χ4v) is 3.46. The number of likely N-dealkylation sites (tertiary alicyclic amines) is 1. The van der Waals surface area contributed by atoms with Gasteiger partial charge in [0.1, 0.15) is 0 Å². The predicted molar refractivity (Wildman–Crippen MR) is 89.1 cm³/mol. The molecule has 0 aromatic heterocycles. The van der Waals surface area contributed by atoms with Crippen LogP contribution in [0.15, 0.2) is 0 Å². The molecular formula is C17H35N3O. The fraction of sp³-hybridized carbons (Fsp3) is 0.941. The van der Waals surface area contributed by atoms with E-state index in [2.05, 4.69) is 25.7 Å². The summed E-state index contributed by atoms with van der Waals surface area (Å²) >= 11 is 0. The molecule has 1 saturated heterocycles. The molecule has 0 saturated carbocycles. The molecule has 0 aromatic rings. The van der Waals surface area contributed by atoms with Gasteiger partial charge in [-0.05, 0) is 57.2 Å². The van der Waals surface area contributed by atoms with E-state index in [1.165, 1.54) is 19.4 Å². The highest BCUT2D eigenvalue weighted by atomic mass is 16.2. The van der Waals surface area contributed by atoms with Gasteiger partial charge in [0.25, 0.3) is 0 Å². The van der Waals surface area contributed by atoms with E-state index in [0.717, 1.165) is 32.5 Å². The number of rotatable bonds is 9. The molecule has 0 radical (unpaired) electrons. The summed E-state index contributed by atoms with van der Waals surface area (Å²) < 4.78 is 0. The van der Waals surface area contributed by atoms with Crippen molar-refractivity contribution < 1.29 is 4.79 Å². The number of nitrogens with zero attached hydrogens (tertiary/aromatic N) is 2. The SMILES string of the molecule is CCN1CCCC1CN(C)C(=O)CCC(CCN)C(C)C. The summed E-state index contributed by atoms with van der Waals surface area (Å²) in [6.45, 7) is 10.6. The van der Waals surface area contributed by atoms with Gasteiger partial charge in [0, 0.05) is 26.1 Å². The molecule has 1 amide bonds. The Morgan fingerprint density at radius 3 is 2.67 bits per heavy atom. The molecule has 21 heavy (non-hydrogen) atoms. The van der Waals surface area contributed by atoms with Gasteiger partial charge in [-0.15, -0.1) is 0 Å². The molecular weight excluding hydrogens is 262 g/mol. The average Bonchev–Trinajstić information content (AvgIpc) is 2.89. The molecule has 1 fully saturated rings. The average molecular weight is 297 g/mol. The first-order valence-electron chi connectivity index (χ1n) is 8.67. The summed E-state index contributed by atoms with van der Waals surface area (Å²) in [5.41, 5.74) is 5.67. The predicted octanol–water partition coefficient (Wildman–Crippen LogP) is 2.33. The maximum atomic E-state index is 12.3. The molecule has 1 heterocycles. The molecule has 0 aromatic carbocycles. The first-order chi connectivity index (χ1) is 9.99. The number of amides is 1. The van der Waals surface area contributed by atoms with Crippen LogP contribution in [0.4, 0.5) is 0 Å². The first kappa shape index (κ1) is 18.4. The highest BCUT2D eigenvalue weighted by Gasteiger charge is 2.25. The summed E-state index contributed by atoms with van der Waals surface area (Å²) in [5, 5.41) is 0. The Labute approximate surface area is 131 Å². The van der Waals surface area contributed by atoms with Crippen LogP contribution in [-0.2, 0) is 4.79 Å². The van der Waals surface area contributed by atoms with Crippen molar-refractivity contribution in [3.05, 3.63) is 0 Å². The molecule has 2 unspecified atom stereocenters. The molecule has 1 rings (SSSR count). The Morgan fingerprint density at radius 1 is 1.38 bits per heavy atom. The van der Waals surface area contributed by atoms with E-state index in [0.29, 0.717) is 30.2 Å². The van der Waals surface area contributed by atoms with Crippen LogP contribution < -0.4 is 5.73 Å². The Balaban J connectivity index is 2.36. The number of hydrogen-bond acceptors (Lipinski definition) is 3. The van der Waals surface area contributed by atoms with Gasteiger partial charge in [-0.25, -0.2) is 0 Å². The molecule has 2 N–H and O–H groups in total. The Bertz CT molecular complexity index is 306. The van der Waals surface area contributed by atoms with Crippen molar-refractivity contribution in [2.45, 2.75) is 58.9 Å². The summed E-state index contributed by atoms with van der Waals surface area (Å²) in [7, 11) is 1.96. The summed E-state index contributed by atoms with van der Waals surface area (Å²) in [6, 6.07) is 0.564. The number of likely N-dealkylation sites (N-methyl/N-ethyl adjacent to an activating group) is 2. The molecule has 124 valence electrons. The molecule has 0 spiro atoms. The molecule has 4 heteroatoms. The van der Waals surface area contributed by atoms with E-state index in [4.69, 9.17) is 5.73 Å². The molecule has 2 atom stereocenters. The van der Waals surface area contributed by atoms with Gasteiger partial charge in [-0.2, -0.15) is 0 Å². The lowest BCUT2D eigenvalue weighted by Gasteiger charge is -2.28. The topological polar surface area (TPSA) is 49.6 Å². The van der Waals surface area contributed by atoms with E-state index in [9.17, 15) is 4.79 Å². The zero-order valence-corrected chi connectivity index (χ0v) is 14.5. The quantitative estimate of drug-likeness (QED) is 0.710. The Hall–Kier alpha value is -0.610. The van der Waals surface area contributed by atoms with Crippen LogP contribution in [0.3, 0.4) is 0 Å². The van der Waals surface area contributed by atoms with Crippen molar-refractivity contribution in [2.75, 3.05) is 33.2 Å². The second kappa shape index (κ2) is 9.42. The largest absolute Gasteiger partial charge is 0.344 e. The number of nitrogens with two attached hydrogens (primary N) is 1. The highest BCUT2D eigenvalue weighted by Crippen LogP contribution is 2.21. The standard InChI is InChI=1S/C17H35N3O/c1-5-20-12-6-7-16(20)13-19(4)17(21)9-8-15(10-11-18)14(2)3/h14-16H,5-13,18H2,1-4H3. The molecule has 1 aliphatic heterocycles. The third-order valence-corrected chi connectivity index (χ3v) is 5.02.